The van der Waals surface area contributed by atoms with E-state index in [1.54, 1.807) is 4.68 Å². The minimum atomic E-state index is -0.712. The van der Waals surface area contributed by atoms with Crippen LogP contribution >= 0.6 is 0 Å². The molecule has 0 saturated carbocycles. The molecule has 0 aromatic carbocycles. The van der Waals surface area contributed by atoms with Gasteiger partial charge in [0.05, 0.1) is 11.0 Å². The molecule has 0 amide bonds. The van der Waals surface area contributed by atoms with Crippen molar-refractivity contribution in [1.29, 1.82) is 0 Å². The van der Waals surface area contributed by atoms with Gasteiger partial charge in [0.15, 0.2) is 0 Å². The lowest BCUT2D eigenvalue weighted by atomic mass is 10.2. The maximum Gasteiger partial charge on any atom is 0.307 e. The second-order valence-corrected chi connectivity index (χ2v) is 5.21. The third-order valence-corrected chi connectivity index (χ3v) is 3.91. The Hall–Kier alpha value is -1.08. The number of aromatic nitrogens is 2. The Morgan fingerprint density at radius 2 is 2.20 bits per heavy atom. The van der Waals surface area contributed by atoms with Crippen LogP contribution in [0.4, 0.5) is 5.69 Å². The average Bonchev–Trinajstić information content (AvgIpc) is 2.68. The van der Waals surface area contributed by atoms with Gasteiger partial charge in [0, 0.05) is 12.8 Å². The zero-order valence-electron chi connectivity index (χ0n) is 8.04. The van der Waals surface area contributed by atoms with Gasteiger partial charge in [-0.1, -0.05) is 11.2 Å². The normalized spacial score (nSPS) is 26.5. The number of nitrogens with zero attached hydrogens (tertiary/aromatic N) is 3. The molecule has 0 atom stereocenters. The highest BCUT2D eigenvalue weighted by Crippen LogP contribution is 2.24. The quantitative estimate of drug-likeness (QED) is 0.428. The van der Waals surface area contributed by atoms with Crippen LogP contribution in [-0.4, -0.2) is 30.8 Å². The molecule has 1 aromatic heterocycles. The molecule has 2 rings (SSSR count). The second-order valence-electron chi connectivity index (χ2n) is 3.51. The second kappa shape index (κ2) is 4.19. The lowest BCUT2D eigenvalue weighted by Gasteiger charge is -2.23. The highest BCUT2D eigenvalue weighted by atomic mass is 32.2. The molecule has 1 fully saturated rings. The molecule has 0 N–H and O–H groups in total. The lowest BCUT2D eigenvalue weighted by Crippen LogP contribution is -2.25. The number of hydrogen-bond donors (Lipinski definition) is 0. The van der Waals surface area contributed by atoms with E-state index in [1.165, 1.54) is 12.4 Å². The summed E-state index contributed by atoms with van der Waals surface area (Å²) in [6.45, 7) is 0. The Labute approximate surface area is 89.6 Å². The molecule has 0 radical (unpaired) electrons. The minimum Gasteiger partial charge on any atom is -0.616 e. The van der Waals surface area contributed by atoms with Gasteiger partial charge in [0.1, 0.15) is 23.9 Å². The van der Waals surface area contributed by atoms with E-state index in [0.717, 1.165) is 12.8 Å². The maximum absolute atomic E-state index is 11.1. The minimum absolute atomic E-state index is 0.0155. The van der Waals surface area contributed by atoms with Crippen molar-refractivity contribution in [2.24, 2.45) is 0 Å². The van der Waals surface area contributed by atoms with Crippen molar-refractivity contribution < 1.29 is 9.48 Å². The predicted octanol–water partition coefficient (Wildman–Crippen LogP) is 0.875. The van der Waals surface area contributed by atoms with Crippen LogP contribution < -0.4 is 0 Å². The first-order chi connectivity index (χ1) is 7.16. The lowest BCUT2D eigenvalue weighted by molar-refractivity contribution is -0.385. The summed E-state index contributed by atoms with van der Waals surface area (Å²) in [7, 11) is 0. The van der Waals surface area contributed by atoms with Crippen molar-refractivity contribution >= 4 is 16.9 Å². The van der Waals surface area contributed by atoms with Crippen LogP contribution in [0.25, 0.3) is 0 Å². The van der Waals surface area contributed by atoms with Crippen LogP contribution in [-0.2, 0) is 11.2 Å². The van der Waals surface area contributed by atoms with E-state index in [1.807, 2.05) is 0 Å². The van der Waals surface area contributed by atoms with Crippen LogP contribution in [0.2, 0.25) is 0 Å². The van der Waals surface area contributed by atoms with Crippen molar-refractivity contribution in [1.82, 2.24) is 9.78 Å². The fraction of sp³-hybridized carbons (Fsp3) is 0.625. The standard InChI is InChI=1S/C8H11N3O3S/c12-11(13)8-5-9-10(6-8)7-1-3-15(14)4-2-7/h5-7H,1-4H2. The van der Waals surface area contributed by atoms with E-state index in [0.29, 0.717) is 11.5 Å². The SMILES string of the molecule is O=[N+]([O-])c1cnn(C2CC[S+]([O-])CC2)c1. The Balaban J connectivity index is 2.06. The Kier molecular flexibility index (Phi) is 2.92. The molecule has 7 heteroatoms. The topological polar surface area (TPSA) is 84.0 Å². The Bertz CT molecular complexity index is 360. The molecule has 0 aliphatic carbocycles. The number of hydrogen-bond acceptors (Lipinski definition) is 4. The molecular formula is C8H11N3O3S. The van der Waals surface area contributed by atoms with Gasteiger partial charge in [-0.25, -0.2) is 0 Å². The number of rotatable bonds is 2. The van der Waals surface area contributed by atoms with E-state index in [9.17, 15) is 14.7 Å². The molecular weight excluding hydrogens is 218 g/mol. The van der Waals surface area contributed by atoms with Gasteiger partial charge >= 0.3 is 5.69 Å². The van der Waals surface area contributed by atoms with Crippen LogP contribution in [0.15, 0.2) is 12.4 Å². The van der Waals surface area contributed by atoms with Crippen LogP contribution in [0.5, 0.6) is 0 Å². The van der Waals surface area contributed by atoms with Crippen LogP contribution in [0.1, 0.15) is 18.9 Å². The molecule has 2 heterocycles. The summed E-state index contributed by atoms with van der Waals surface area (Å²) >= 11 is -0.712. The zero-order valence-corrected chi connectivity index (χ0v) is 8.85. The summed E-state index contributed by atoms with van der Waals surface area (Å²) < 4.78 is 12.7. The average molecular weight is 229 g/mol. The van der Waals surface area contributed by atoms with Gasteiger partial charge < -0.3 is 4.55 Å². The Morgan fingerprint density at radius 1 is 1.53 bits per heavy atom. The molecule has 82 valence electrons. The summed E-state index contributed by atoms with van der Waals surface area (Å²) in [5.41, 5.74) is 0.0155. The van der Waals surface area contributed by atoms with Gasteiger partial charge in [0.2, 0.25) is 0 Å². The maximum atomic E-state index is 11.1. The monoisotopic (exact) mass is 229 g/mol. The van der Waals surface area contributed by atoms with Crippen molar-refractivity contribution in [3.63, 3.8) is 0 Å². The van der Waals surface area contributed by atoms with Gasteiger partial charge in [-0.15, -0.1) is 0 Å². The van der Waals surface area contributed by atoms with Crippen molar-refractivity contribution in [2.45, 2.75) is 18.9 Å². The summed E-state index contributed by atoms with van der Waals surface area (Å²) in [6.07, 6.45) is 4.27. The first-order valence-corrected chi connectivity index (χ1v) is 6.19. The smallest absolute Gasteiger partial charge is 0.307 e. The molecule has 0 unspecified atom stereocenters. The highest BCUT2D eigenvalue weighted by molar-refractivity contribution is 7.91. The van der Waals surface area contributed by atoms with Crippen molar-refractivity contribution in [2.75, 3.05) is 11.5 Å². The summed E-state index contributed by atoms with van der Waals surface area (Å²) in [6, 6.07) is 0.163. The molecule has 1 aromatic rings. The summed E-state index contributed by atoms with van der Waals surface area (Å²) in [5, 5.41) is 14.4. The third-order valence-electron chi connectivity index (χ3n) is 2.53. The van der Waals surface area contributed by atoms with Crippen molar-refractivity contribution in [3.8, 4) is 0 Å². The summed E-state index contributed by atoms with van der Waals surface area (Å²) in [5.74, 6) is 1.33. The first kappa shape index (κ1) is 10.4. The Morgan fingerprint density at radius 3 is 2.73 bits per heavy atom. The molecule has 1 saturated heterocycles. The third kappa shape index (κ3) is 2.29. The number of nitro groups is 1. The fourth-order valence-electron chi connectivity index (χ4n) is 1.67. The van der Waals surface area contributed by atoms with Crippen molar-refractivity contribution in [3.05, 3.63) is 22.5 Å². The van der Waals surface area contributed by atoms with Crippen LogP contribution in [0, 0.1) is 10.1 Å². The largest absolute Gasteiger partial charge is 0.616 e. The van der Waals surface area contributed by atoms with Crippen LogP contribution in [0.3, 0.4) is 0 Å². The molecule has 1 aliphatic heterocycles. The molecule has 0 bridgehead atoms. The summed E-state index contributed by atoms with van der Waals surface area (Å²) in [4.78, 5) is 10.00. The molecule has 0 spiro atoms. The molecule has 1 aliphatic rings. The zero-order chi connectivity index (χ0) is 10.8. The first-order valence-electron chi connectivity index (χ1n) is 4.70. The molecule has 6 nitrogen and oxygen atoms in total. The van der Waals surface area contributed by atoms with Gasteiger partial charge in [-0.2, -0.15) is 5.10 Å². The highest BCUT2D eigenvalue weighted by Gasteiger charge is 2.24. The fourth-order valence-corrected chi connectivity index (χ4v) is 2.94. The van der Waals surface area contributed by atoms with Gasteiger partial charge in [0.25, 0.3) is 0 Å². The van der Waals surface area contributed by atoms with Gasteiger partial charge in [-0.05, 0) is 0 Å². The van der Waals surface area contributed by atoms with E-state index in [4.69, 9.17) is 0 Å². The predicted molar refractivity (Wildman–Crippen MR) is 55.0 cm³/mol. The molecule has 15 heavy (non-hydrogen) atoms. The van der Waals surface area contributed by atoms with Gasteiger partial charge in [-0.3, -0.25) is 14.8 Å². The van der Waals surface area contributed by atoms with E-state index in [2.05, 4.69) is 5.10 Å². The van der Waals surface area contributed by atoms with E-state index in [-0.39, 0.29) is 11.7 Å². The van der Waals surface area contributed by atoms with E-state index < -0.39 is 16.1 Å². The van der Waals surface area contributed by atoms with E-state index >= 15 is 0 Å².